The lowest BCUT2D eigenvalue weighted by molar-refractivity contribution is 0.347. The normalized spacial score (nSPS) is 16.6. The largest absolute Gasteiger partial charge is 0.474 e. The second kappa shape index (κ2) is 2.38. The highest BCUT2D eigenvalue weighted by Crippen LogP contribution is 2.07. The zero-order chi connectivity index (χ0) is 6.81. The van der Waals surface area contributed by atoms with Gasteiger partial charge in [-0.2, -0.15) is 0 Å². The Kier molecular flexibility index (Phi) is 1.39. The highest BCUT2D eigenvalue weighted by atomic mass is 32.1. The van der Waals surface area contributed by atoms with Gasteiger partial charge in [0.15, 0.2) is 0 Å². The number of hydrogen-bond acceptors (Lipinski definition) is 4. The van der Waals surface area contributed by atoms with Crippen molar-refractivity contribution in [3.05, 3.63) is 16.6 Å². The molecule has 2 heterocycles. The van der Waals surface area contributed by atoms with Gasteiger partial charge in [0.1, 0.15) is 12.3 Å². The van der Waals surface area contributed by atoms with E-state index in [2.05, 4.69) is 9.98 Å². The van der Waals surface area contributed by atoms with Gasteiger partial charge in [-0.15, -0.1) is 11.3 Å². The molecular weight excluding hydrogens is 148 g/mol. The van der Waals surface area contributed by atoms with E-state index in [1.807, 2.05) is 5.38 Å². The summed E-state index contributed by atoms with van der Waals surface area (Å²) in [6.07, 6.45) is 0. The van der Waals surface area contributed by atoms with Gasteiger partial charge in [-0.05, 0) is 0 Å². The molecule has 0 saturated carbocycles. The van der Waals surface area contributed by atoms with E-state index in [4.69, 9.17) is 4.74 Å². The predicted octanol–water partition coefficient (Wildman–Crippen LogP) is 0.920. The molecule has 0 aliphatic carbocycles. The minimum absolute atomic E-state index is 0.696. The van der Waals surface area contributed by atoms with Gasteiger partial charge in [-0.25, -0.2) is 9.98 Å². The molecule has 0 unspecified atom stereocenters. The first-order valence-electron chi connectivity index (χ1n) is 3.02. The van der Waals surface area contributed by atoms with Crippen molar-refractivity contribution in [2.75, 3.05) is 13.2 Å². The average molecular weight is 154 g/mol. The number of nitrogens with zero attached hydrogens (tertiary/aromatic N) is 2. The monoisotopic (exact) mass is 154 g/mol. The van der Waals surface area contributed by atoms with Gasteiger partial charge in [-0.1, -0.05) is 0 Å². The third kappa shape index (κ3) is 0.903. The number of thiazole rings is 1. The van der Waals surface area contributed by atoms with Crippen LogP contribution in [-0.4, -0.2) is 24.0 Å². The Hall–Kier alpha value is -0.900. The van der Waals surface area contributed by atoms with E-state index < -0.39 is 0 Å². The van der Waals surface area contributed by atoms with Crippen molar-refractivity contribution in [2.24, 2.45) is 4.99 Å². The fourth-order valence-corrected chi connectivity index (χ4v) is 1.33. The molecule has 0 amide bonds. The molecule has 0 atom stereocenters. The minimum atomic E-state index is 0.696. The number of aromatic nitrogens is 1. The first-order chi connectivity index (χ1) is 4.97. The Morgan fingerprint density at radius 2 is 2.60 bits per heavy atom. The summed E-state index contributed by atoms with van der Waals surface area (Å²) in [6.45, 7) is 1.47. The van der Waals surface area contributed by atoms with Crippen LogP contribution in [0.3, 0.4) is 0 Å². The van der Waals surface area contributed by atoms with Crippen LogP contribution in [0.2, 0.25) is 0 Å². The molecule has 1 aliphatic heterocycles. The SMILES string of the molecule is c1nc(C2=NCCO2)cs1. The highest BCUT2D eigenvalue weighted by Gasteiger charge is 2.10. The zero-order valence-electron chi connectivity index (χ0n) is 5.28. The van der Waals surface area contributed by atoms with Crippen molar-refractivity contribution in [2.45, 2.75) is 0 Å². The molecule has 52 valence electrons. The summed E-state index contributed by atoms with van der Waals surface area (Å²) in [6, 6.07) is 0. The van der Waals surface area contributed by atoms with Crippen molar-refractivity contribution >= 4 is 17.2 Å². The molecule has 0 fully saturated rings. The highest BCUT2D eigenvalue weighted by molar-refractivity contribution is 7.07. The topological polar surface area (TPSA) is 34.5 Å². The van der Waals surface area contributed by atoms with Crippen molar-refractivity contribution in [1.29, 1.82) is 0 Å². The van der Waals surface area contributed by atoms with Gasteiger partial charge in [0, 0.05) is 5.38 Å². The van der Waals surface area contributed by atoms with E-state index in [0.29, 0.717) is 12.5 Å². The second-order valence-electron chi connectivity index (χ2n) is 1.91. The van der Waals surface area contributed by atoms with Crippen LogP contribution >= 0.6 is 11.3 Å². The molecule has 2 rings (SSSR count). The average Bonchev–Trinajstić information content (AvgIpc) is 2.59. The molecule has 3 nitrogen and oxygen atoms in total. The van der Waals surface area contributed by atoms with Crippen LogP contribution in [0.1, 0.15) is 5.69 Å². The third-order valence-corrected chi connectivity index (χ3v) is 1.82. The summed E-state index contributed by atoms with van der Waals surface area (Å²) in [5.41, 5.74) is 2.64. The Bertz CT molecular complexity index is 242. The Balaban J connectivity index is 2.28. The quantitative estimate of drug-likeness (QED) is 0.602. The molecule has 0 N–H and O–H groups in total. The predicted molar refractivity (Wildman–Crippen MR) is 39.5 cm³/mol. The molecular formula is C6H6N2OS. The fourth-order valence-electron chi connectivity index (χ4n) is 0.808. The van der Waals surface area contributed by atoms with E-state index in [1.165, 1.54) is 0 Å². The summed E-state index contributed by atoms with van der Waals surface area (Å²) < 4.78 is 5.19. The van der Waals surface area contributed by atoms with Crippen molar-refractivity contribution < 1.29 is 4.74 Å². The van der Waals surface area contributed by atoms with E-state index in [-0.39, 0.29) is 0 Å². The molecule has 1 aromatic heterocycles. The smallest absolute Gasteiger partial charge is 0.236 e. The van der Waals surface area contributed by atoms with Gasteiger partial charge < -0.3 is 4.74 Å². The fraction of sp³-hybridized carbons (Fsp3) is 0.333. The van der Waals surface area contributed by atoms with Crippen molar-refractivity contribution in [3.63, 3.8) is 0 Å². The Morgan fingerprint density at radius 1 is 1.60 bits per heavy atom. The molecule has 0 bridgehead atoms. The summed E-state index contributed by atoms with van der Waals surface area (Å²) >= 11 is 1.55. The lowest BCUT2D eigenvalue weighted by Gasteiger charge is -1.93. The van der Waals surface area contributed by atoms with Gasteiger partial charge in [0.2, 0.25) is 5.90 Å². The van der Waals surface area contributed by atoms with Crippen LogP contribution in [-0.2, 0) is 4.74 Å². The number of aliphatic imine (C=N–C) groups is 1. The van der Waals surface area contributed by atoms with Gasteiger partial charge in [0.05, 0.1) is 12.1 Å². The lowest BCUT2D eigenvalue weighted by atomic mass is 10.5. The summed E-state index contributed by atoms with van der Waals surface area (Å²) in [4.78, 5) is 8.18. The van der Waals surface area contributed by atoms with Crippen LogP contribution < -0.4 is 0 Å². The molecule has 1 aromatic rings. The molecule has 1 aliphatic rings. The standard InChI is InChI=1S/C6H6N2OS/c1-2-9-6(7-1)5-3-10-4-8-5/h3-4H,1-2H2. The van der Waals surface area contributed by atoms with Crippen molar-refractivity contribution in [3.8, 4) is 0 Å². The molecule has 0 radical (unpaired) electrons. The molecule has 0 aromatic carbocycles. The van der Waals surface area contributed by atoms with Crippen LogP contribution in [0.4, 0.5) is 0 Å². The zero-order valence-corrected chi connectivity index (χ0v) is 6.10. The van der Waals surface area contributed by atoms with Crippen LogP contribution in [0.5, 0.6) is 0 Å². The third-order valence-electron chi connectivity index (χ3n) is 1.24. The van der Waals surface area contributed by atoms with E-state index in [0.717, 1.165) is 12.2 Å². The van der Waals surface area contributed by atoms with Gasteiger partial charge in [-0.3, -0.25) is 0 Å². The minimum Gasteiger partial charge on any atom is -0.474 e. The van der Waals surface area contributed by atoms with Gasteiger partial charge in [0.25, 0.3) is 0 Å². The summed E-state index contributed by atoms with van der Waals surface area (Å²) in [5, 5.41) is 1.93. The Labute approximate surface area is 62.4 Å². The molecule has 0 saturated heterocycles. The van der Waals surface area contributed by atoms with Crippen LogP contribution in [0.15, 0.2) is 15.9 Å². The maximum Gasteiger partial charge on any atom is 0.236 e. The van der Waals surface area contributed by atoms with E-state index in [9.17, 15) is 0 Å². The lowest BCUT2D eigenvalue weighted by Crippen LogP contribution is -2.00. The van der Waals surface area contributed by atoms with Crippen LogP contribution in [0, 0.1) is 0 Å². The second-order valence-corrected chi connectivity index (χ2v) is 2.63. The molecule has 0 spiro atoms. The van der Waals surface area contributed by atoms with E-state index in [1.54, 1.807) is 16.8 Å². The Morgan fingerprint density at radius 3 is 3.20 bits per heavy atom. The van der Waals surface area contributed by atoms with Crippen LogP contribution in [0.25, 0.3) is 0 Å². The van der Waals surface area contributed by atoms with Crippen molar-refractivity contribution in [1.82, 2.24) is 4.98 Å². The summed E-state index contributed by atoms with van der Waals surface area (Å²) in [7, 11) is 0. The first kappa shape index (κ1) is 5.85. The number of rotatable bonds is 1. The first-order valence-corrected chi connectivity index (χ1v) is 3.97. The number of ether oxygens (including phenoxy) is 1. The maximum atomic E-state index is 5.19. The van der Waals surface area contributed by atoms with E-state index >= 15 is 0 Å². The maximum absolute atomic E-state index is 5.19. The number of hydrogen-bond donors (Lipinski definition) is 0. The molecule has 10 heavy (non-hydrogen) atoms. The van der Waals surface area contributed by atoms with Gasteiger partial charge >= 0.3 is 0 Å². The molecule has 4 heteroatoms. The summed E-state index contributed by atoms with van der Waals surface area (Å²) in [5.74, 6) is 0.696.